The normalized spacial score (nSPS) is 16.6. The summed E-state index contributed by atoms with van der Waals surface area (Å²) in [5.74, 6) is -0.108. The van der Waals surface area contributed by atoms with Gasteiger partial charge in [0.15, 0.2) is 5.58 Å². The Labute approximate surface area is 429 Å². The third-order valence-electron chi connectivity index (χ3n) is 11.9. The summed E-state index contributed by atoms with van der Waals surface area (Å²) >= 11 is 1.57. The minimum Gasteiger partial charge on any atom is -0.490 e. The summed E-state index contributed by atoms with van der Waals surface area (Å²) in [5, 5.41) is 16.3. The molecule has 5 heterocycles. The molecule has 7 rings (SSSR count). The highest BCUT2D eigenvalue weighted by Gasteiger charge is 2.44. The van der Waals surface area contributed by atoms with Crippen LogP contribution in [0.2, 0.25) is 0 Å². The number of nitrogens with one attached hydrogen (secondary N) is 2. The first-order valence-corrected chi connectivity index (χ1v) is 25.4. The Kier molecular flexibility index (Phi) is 18.6. The molecule has 2 aliphatic heterocycles. The fourth-order valence-electron chi connectivity index (χ4n) is 8.07. The van der Waals surface area contributed by atoms with Crippen molar-refractivity contribution in [3.8, 4) is 21.9 Å². The summed E-state index contributed by atoms with van der Waals surface area (Å²) in [4.78, 5) is 72.4. The number of anilines is 1. The van der Waals surface area contributed by atoms with Crippen LogP contribution in [0.15, 0.2) is 70.7 Å². The van der Waals surface area contributed by atoms with Crippen molar-refractivity contribution in [1.29, 1.82) is 0 Å². The highest BCUT2D eigenvalue weighted by molar-refractivity contribution is 7.13. The van der Waals surface area contributed by atoms with E-state index >= 15 is 0 Å². The molecular weight excluding hydrogens is 961 g/mol. The fourth-order valence-corrected chi connectivity index (χ4v) is 8.88. The summed E-state index contributed by atoms with van der Waals surface area (Å²) in [5.41, 5.74) is 5.47. The van der Waals surface area contributed by atoms with Gasteiger partial charge in [-0.15, -0.1) is 11.3 Å². The van der Waals surface area contributed by atoms with Crippen molar-refractivity contribution < 1.29 is 57.1 Å². The molecule has 2 fully saturated rings. The van der Waals surface area contributed by atoms with Crippen LogP contribution in [0.4, 0.5) is 10.8 Å². The van der Waals surface area contributed by atoms with E-state index in [9.17, 15) is 24.3 Å². The number of pyridine rings is 1. The summed E-state index contributed by atoms with van der Waals surface area (Å²) in [6, 6.07) is 15.6. The molecule has 2 saturated heterocycles. The maximum Gasteiger partial charge on any atom is 0.410 e. The number of fused-ring (bicyclic) bond motifs is 1. The standard InChI is InChI=1S/C52H68N8O12S/c1-34-45(73-33-55-34)36-10-8-35(9-11-36)28-54-47(63)42-26-38(61)30-60(42)48(64)46(51(2,3)4)57-44(62)32-68-23-22-66-20-21-67-24-25-69-40-13-12-37(53-29-40)31-70-39-14-15-43-41(27-39)56-49(71-43)58-16-18-59(19-17-58)50(65)72-52(5,6)7/h8-15,27,29,33,38,42,46,61H,16-26,28,30-32H2,1-7H3,(H,54,63)(H,57,62)/t38-,42+,46-/m1/s1. The molecule has 0 aliphatic carbocycles. The molecule has 3 aromatic heterocycles. The van der Waals surface area contributed by atoms with Crippen molar-refractivity contribution in [3.05, 3.63) is 83.3 Å². The minimum atomic E-state index is -0.973. The number of rotatable bonds is 22. The highest BCUT2D eigenvalue weighted by Crippen LogP contribution is 2.30. The summed E-state index contributed by atoms with van der Waals surface area (Å²) in [6.07, 6.45) is 0.523. The molecule has 0 saturated carbocycles. The van der Waals surface area contributed by atoms with Crippen molar-refractivity contribution in [1.82, 2.24) is 35.4 Å². The number of likely N-dealkylation sites (tertiary alicyclic amines) is 1. The molecular formula is C52H68N8O12S. The Bertz CT molecular complexity index is 2600. The molecule has 73 heavy (non-hydrogen) atoms. The van der Waals surface area contributed by atoms with Crippen LogP contribution < -0.4 is 25.0 Å². The Morgan fingerprint density at radius 2 is 1.55 bits per heavy atom. The number of thiazole rings is 1. The third-order valence-corrected chi connectivity index (χ3v) is 12.9. The van der Waals surface area contributed by atoms with Gasteiger partial charge < -0.3 is 63.3 Å². The lowest BCUT2D eigenvalue weighted by molar-refractivity contribution is -0.144. The number of hydrogen-bond donors (Lipinski definition) is 3. The second-order valence-corrected chi connectivity index (χ2v) is 20.8. The zero-order valence-corrected chi connectivity index (χ0v) is 43.5. The quantitative estimate of drug-likeness (QED) is 0.0724. The van der Waals surface area contributed by atoms with Gasteiger partial charge in [0.05, 0.1) is 67.1 Å². The zero-order valence-electron chi connectivity index (χ0n) is 42.7. The van der Waals surface area contributed by atoms with E-state index in [1.54, 1.807) is 22.4 Å². The molecule has 3 N–H and O–H groups in total. The van der Waals surface area contributed by atoms with Crippen molar-refractivity contribution in [3.63, 3.8) is 0 Å². The number of benzene rings is 2. The molecule has 0 radical (unpaired) electrons. The molecule has 0 bridgehead atoms. The Morgan fingerprint density at radius 1 is 0.849 bits per heavy atom. The molecule has 3 atom stereocenters. The number of piperazine rings is 1. The van der Waals surface area contributed by atoms with Gasteiger partial charge in [-0.25, -0.2) is 9.78 Å². The number of aromatic nitrogens is 3. The number of oxazole rings is 1. The molecule has 20 nitrogen and oxygen atoms in total. The largest absolute Gasteiger partial charge is 0.490 e. The second kappa shape index (κ2) is 25.0. The minimum absolute atomic E-state index is 0.0223. The predicted octanol–water partition coefficient (Wildman–Crippen LogP) is 5.53. The first kappa shape index (κ1) is 54.4. The number of carbonyl (C=O) groups excluding carboxylic acids is 4. The predicted molar refractivity (Wildman–Crippen MR) is 272 cm³/mol. The Hall–Kier alpha value is -6.39. The van der Waals surface area contributed by atoms with Crippen molar-refractivity contribution in [2.45, 2.75) is 91.8 Å². The van der Waals surface area contributed by atoms with Gasteiger partial charge in [0.25, 0.3) is 6.01 Å². The van der Waals surface area contributed by atoms with Gasteiger partial charge in [0, 0.05) is 51.8 Å². The van der Waals surface area contributed by atoms with Crippen LogP contribution in [0.5, 0.6) is 11.5 Å². The number of aliphatic hydroxyl groups excluding tert-OH is 1. The molecule has 5 aromatic rings. The maximum absolute atomic E-state index is 13.9. The number of ether oxygens (including phenoxy) is 6. The van der Waals surface area contributed by atoms with Crippen molar-refractivity contribution >= 4 is 52.3 Å². The van der Waals surface area contributed by atoms with E-state index in [4.69, 9.17) is 32.8 Å². The van der Waals surface area contributed by atoms with Gasteiger partial charge in [-0.3, -0.25) is 19.4 Å². The first-order chi connectivity index (χ1) is 34.9. The van der Waals surface area contributed by atoms with E-state index in [0.29, 0.717) is 86.9 Å². The number of β-amino-alcohol motifs (C(OH)–C–C–N with tert-alkyl or cyclic N) is 1. The van der Waals surface area contributed by atoms with Crippen molar-refractivity contribution in [2.24, 2.45) is 5.41 Å². The topological polar surface area (TPSA) is 229 Å². The van der Waals surface area contributed by atoms with E-state index in [0.717, 1.165) is 21.7 Å². The lowest BCUT2D eigenvalue weighted by Crippen LogP contribution is -2.58. The van der Waals surface area contributed by atoms with Crippen LogP contribution in [0.1, 0.15) is 64.9 Å². The number of nitrogens with zero attached hydrogens (tertiary/aromatic N) is 6. The number of amides is 4. The molecule has 0 spiro atoms. The van der Waals surface area contributed by atoms with E-state index in [2.05, 4.69) is 25.6 Å². The number of aryl methyl sites for hydroxylation is 1. The Balaban J connectivity index is 0.729. The van der Waals surface area contributed by atoms with Gasteiger partial charge in [-0.2, -0.15) is 4.98 Å². The number of carbonyl (C=O) groups is 4. The van der Waals surface area contributed by atoms with Crippen LogP contribution in [-0.2, 0) is 46.5 Å². The van der Waals surface area contributed by atoms with E-state index in [1.165, 1.54) is 4.90 Å². The summed E-state index contributed by atoms with van der Waals surface area (Å²) in [6.45, 7) is 17.0. The summed E-state index contributed by atoms with van der Waals surface area (Å²) < 4.78 is 40.0. The van der Waals surface area contributed by atoms with E-state index in [-0.39, 0.29) is 57.9 Å². The lowest BCUT2D eigenvalue weighted by atomic mass is 9.85. The van der Waals surface area contributed by atoms with Gasteiger partial charge in [0.1, 0.15) is 54.5 Å². The van der Waals surface area contributed by atoms with Crippen LogP contribution in [0.25, 0.3) is 21.5 Å². The van der Waals surface area contributed by atoms with Crippen LogP contribution >= 0.6 is 11.3 Å². The molecule has 2 aromatic carbocycles. The Morgan fingerprint density at radius 3 is 2.21 bits per heavy atom. The molecule has 394 valence electrons. The average Bonchev–Trinajstić information content (AvgIpc) is 4.11. The zero-order chi connectivity index (χ0) is 52.1. The third kappa shape index (κ3) is 15.8. The molecule has 0 unspecified atom stereocenters. The fraction of sp³-hybridized carbons (Fsp3) is 0.519. The van der Waals surface area contributed by atoms with Gasteiger partial charge in [-0.1, -0.05) is 45.0 Å². The van der Waals surface area contributed by atoms with Crippen LogP contribution in [0.3, 0.4) is 0 Å². The first-order valence-electron chi connectivity index (χ1n) is 24.5. The average molecular weight is 1030 g/mol. The van der Waals surface area contributed by atoms with E-state index < -0.39 is 41.0 Å². The van der Waals surface area contributed by atoms with Gasteiger partial charge in [-0.05, 0) is 68.5 Å². The SMILES string of the molecule is Cc1ncsc1-c1ccc(CNC(=O)[C@@H]2C[C@@H](O)CN2C(=O)[C@@H](NC(=O)COCCOCCOCCOc2ccc(COc3ccc4oc(N5CCN(C(=O)OC(C)(C)C)CC5)nc4c3)nc2)C(C)(C)C)cc1. The lowest BCUT2D eigenvalue weighted by Gasteiger charge is -2.35. The van der Waals surface area contributed by atoms with E-state index in [1.807, 2.05) is 113 Å². The van der Waals surface area contributed by atoms with Gasteiger partial charge in [0.2, 0.25) is 17.7 Å². The van der Waals surface area contributed by atoms with Crippen LogP contribution in [0, 0.1) is 12.3 Å². The van der Waals surface area contributed by atoms with Gasteiger partial charge >= 0.3 is 6.09 Å². The monoisotopic (exact) mass is 1030 g/mol. The number of aliphatic hydroxyl groups is 1. The molecule has 2 aliphatic rings. The van der Waals surface area contributed by atoms with Crippen molar-refractivity contribution in [2.75, 3.05) is 83.9 Å². The number of hydrogen-bond acceptors (Lipinski definition) is 17. The molecule has 21 heteroatoms. The molecule has 4 amide bonds. The van der Waals surface area contributed by atoms with Crippen LogP contribution in [-0.4, -0.2) is 156 Å². The second-order valence-electron chi connectivity index (χ2n) is 19.9. The summed E-state index contributed by atoms with van der Waals surface area (Å²) in [7, 11) is 0. The highest BCUT2D eigenvalue weighted by atomic mass is 32.1. The smallest absolute Gasteiger partial charge is 0.410 e. The maximum atomic E-state index is 13.9.